The van der Waals surface area contributed by atoms with Gasteiger partial charge >= 0.3 is 12.1 Å². The smallest absolute Gasteiger partial charge is 0.407 e. The Balaban J connectivity index is 1.75. The second-order valence-electron chi connectivity index (χ2n) is 5.77. The largest absolute Gasteiger partial charge is 0.493 e. The van der Waals surface area contributed by atoms with Crippen molar-refractivity contribution in [3.05, 3.63) is 29.3 Å². The monoisotopic (exact) mass is 343 g/mol. The zero-order valence-electron chi connectivity index (χ0n) is 13.0. The van der Waals surface area contributed by atoms with Crippen LogP contribution in [0.5, 0.6) is 5.75 Å². The van der Waals surface area contributed by atoms with Gasteiger partial charge in [0.1, 0.15) is 22.9 Å². The fourth-order valence-corrected chi connectivity index (χ4v) is 2.81. The minimum absolute atomic E-state index is 0.0457. The summed E-state index contributed by atoms with van der Waals surface area (Å²) >= 11 is 0. The molecule has 1 aromatic rings. The van der Waals surface area contributed by atoms with Crippen LogP contribution in [0.4, 0.5) is 13.6 Å². The maximum atomic E-state index is 13.5. The number of carboxylic acid groups (broad SMARTS) is 2. The van der Waals surface area contributed by atoms with Gasteiger partial charge in [0.05, 0.1) is 6.61 Å². The van der Waals surface area contributed by atoms with E-state index in [0.717, 1.165) is 31.4 Å². The standard InChI is InChI=1S/C16H19F2NO5/c17-12-8-11(9-13(18)14(12)15(20)21)24-7-1-2-10-3-5-19(6-4-10)16(22)23/h8-10H,1-7H2,(H,20,21)(H,22,23). The summed E-state index contributed by atoms with van der Waals surface area (Å²) in [6.45, 7) is 1.30. The van der Waals surface area contributed by atoms with E-state index >= 15 is 0 Å². The van der Waals surface area contributed by atoms with E-state index in [1.807, 2.05) is 0 Å². The number of carbonyl (C=O) groups is 2. The third-order valence-electron chi connectivity index (χ3n) is 4.14. The van der Waals surface area contributed by atoms with Gasteiger partial charge in [-0.15, -0.1) is 0 Å². The number of hydrogen-bond acceptors (Lipinski definition) is 3. The van der Waals surface area contributed by atoms with Crippen LogP contribution in [0.1, 0.15) is 36.0 Å². The highest BCUT2D eigenvalue weighted by molar-refractivity contribution is 5.88. The molecule has 24 heavy (non-hydrogen) atoms. The first kappa shape index (κ1) is 18.0. The Morgan fingerprint density at radius 2 is 1.75 bits per heavy atom. The molecule has 0 radical (unpaired) electrons. The fraction of sp³-hybridized carbons (Fsp3) is 0.500. The zero-order chi connectivity index (χ0) is 17.7. The Bertz CT molecular complexity index is 591. The van der Waals surface area contributed by atoms with E-state index in [1.165, 1.54) is 4.90 Å². The fourth-order valence-electron chi connectivity index (χ4n) is 2.81. The maximum absolute atomic E-state index is 13.5. The van der Waals surface area contributed by atoms with Gasteiger partial charge in [-0.2, -0.15) is 0 Å². The van der Waals surface area contributed by atoms with E-state index < -0.39 is 29.3 Å². The van der Waals surface area contributed by atoms with Crippen LogP contribution in [0.15, 0.2) is 12.1 Å². The van der Waals surface area contributed by atoms with Gasteiger partial charge in [0.15, 0.2) is 0 Å². The van der Waals surface area contributed by atoms with Gasteiger partial charge in [-0.25, -0.2) is 18.4 Å². The number of ether oxygens (including phenoxy) is 1. The lowest BCUT2D eigenvalue weighted by atomic mass is 9.92. The normalized spacial score (nSPS) is 15.3. The summed E-state index contributed by atoms with van der Waals surface area (Å²) in [6.07, 6.45) is 2.20. The van der Waals surface area contributed by atoms with Crippen LogP contribution >= 0.6 is 0 Å². The number of nitrogens with zero attached hydrogens (tertiary/aromatic N) is 1. The molecule has 0 atom stereocenters. The average molecular weight is 343 g/mol. The van der Waals surface area contributed by atoms with E-state index in [0.29, 0.717) is 25.4 Å². The minimum atomic E-state index is -1.66. The molecule has 0 aliphatic carbocycles. The summed E-state index contributed by atoms with van der Waals surface area (Å²) in [7, 11) is 0. The molecule has 1 aromatic carbocycles. The first-order chi connectivity index (χ1) is 11.4. The summed E-state index contributed by atoms with van der Waals surface area (Å²) in [6, 6.07) is 1.72. The first-order valence-electron chi connectivity index (χ1n) is 7.71. The van der Waals surface area contributed by atoms with Gasteiger partial charge in [0.25, 0.3) is 0 Å². The van der Waals surface area contributed by atoms with Crippen molar-refractivity contribution in [3.63, 3.8) is 0 Å². The predicted molar refractivity (Wildman–Crippen MR) is 80.4 cm³/mol. The summed E-state index contributed by atoms with van der Waals surface area (Å²) in [5.74, 6) is -3.64. The van der Waals surface area contributed by atoms with E-state index in [9.17, 15) is 18.4 Å². The summed E-state index contributed by atoms with van der Waals surface area (Å²) in [4.78, 5) is 22.9. The van der Waals surface area contributed by atoms with Gasteiger partial charge in [-0.05, 0) is 31.6 Å². The van der Waals surface area contributed by atoms with Crippen molar-refractivity contribution in [3.8, 4) is 5.75 Å². The molecule has 2 rings (SSSR count). The lowest BCUT2D eigenvalue weighted by Crippen LogP contribution is -2.37. The second-order valence-corrected chi connectivity index (χ2v) is 5.77. The number of likely N-dealkylation sites (tertiary alicyclic amines) is 1. The summed E-state index contributed by atoms with van der Waals surface area (Å²) < 4.78 is 32.3. The highest BCUT2D eigenvalue weighted by Crippen LogP contribution is 2.23. The van der Waals surface area contributed by atoms with Crippen molar-refractivity contribution < 1.29 is 33.3 Å². The molecule has 8 heteroatoms. The maximum Gasteiger partial charge on any atom is 0.407 e. The van der Waals surface area contributed by atoms with Gasteiger partial charge in [0.2, 0.25) is 0 Å². The van der Waals surface area contributed by atoms with Gasteiger partial charge < -0.3 is 19.8 Å². The van der Waals surface area contributed by atoms with Gasteiger partial charge in [-0.1, -0.05) is 0 Å². The quantitative estimate of drug-likeness (QED) is 0.775. The summed E-state index contributed by atoms with van der Waals surface area (Å²) in [5.41, 5.74) is -0.993. The molecule has 0 saturated carbocycles. The number of amides is 1. The third kappa shape index (κ3) is 4.56. The zero-order valence-corrected chi connectivity index (χ0v) is 13.0. The number of hydrogen-bond donors (Lipinski definition) is 2. The molecule has 1 amide bonds. The van der Waals surface area contributed by atoms with Crippen molar-refractivity contribution in [1.29, 1.82) is 0 Å². The van der Waals surface area contributed by atoms with Crippen molar-refractivity contribution in [2.75, 3.05) is 19.7 Å². The lowest BCUT2D eigenvalue weighted by Gasteiger charge is -2.29. The topological polar surface area (TPSA) is 87.1 Å². The van der Waals surface area contributed by atoms with Crippen LogP contribution < -0.4 is 4.74 Å². The number of benzene rings is 1. The van der Waals surface area contributed by atoms with Crippen molar-refractivity contribution in [2.24, 2.45) is 5.92 Å². The molecule has 0 aromatic heterocycles. The minimum Gasteiger partial charge on any atom is -0.493 e. The molecule has 1 saturated heterocycles. The van der Waals surface area contributed by atoms with Crippen LogP contribution in [0.3, 0.4) is 0 Å². The van der Waals surface area contributed by atoms with E-state index in [-0.39, 0.29) is 12.4 Å². The number of carboxylic acids is 1. The molecule has 132 valence electrons. The second kappa shape index (κ2) is 7.94. The number of rotatable bonds is 6. The molecule has 0 unspecified atom stereocenters. The Morgan fingerprint density at radius 1 is 1.17 bits per heavy atom. The average Bonchev–Trinajstić information content (AvgIpc) is 2.51. The molecule has 1 fully saturated rings. The van der Waals surface area contributed by atoms with Crippen LogP contribution in [-0.4, -0.2) is 46.9 Å². The highest BCUT2D eigenvalue weighted by Gasteiger charge is 2.22. The van der Waals surface area contributed by atoms with Crippen LogP contribution in [-0.2, 0) is 0 Å². The van der Waals surface area contributed by atoms with E-state index in [4.69, 9.17) is 14.9 Å². The summed E-state index contributed by atoms with van der Waals surface area (Å²) in [5, 5.41) is 17.6. The molecular weight excluding hydrogens is 324 g/mol. The van der Waals surface area contributed by atoms with Gasteiger partial charge in [-0.3, -0.25) is 0 Å². The first-order valence-corrected chi connectivity index (χ1v) is 7.71. The Morgan fingerprint density at radius 3 is 2.25 bits per heavy atom. The lowest BCUT2D eigenvalue weighted by molar-refractivity contribution is 0.0686. The molecule has 0 bridgehead atoms. The molecule has 0 spiro atoms. The van der Waals surface area contributed by atoms with Crippen molar-refractivity contribution >= 4 is 12.1 Å². The van der Waals surface area contributed by atoms with Crippen LogP contribution in [0.2, 0.25) is 0 Å². The molecular formula is C16H19F2NO5. The molecule has 1 heterocycles. The predicted octanol–water partition coefficient (Wildman–Crippen LogP) is 3.21. The van der Waals surface area contributed by atoms with E-state index in [2.05, 4.69) is 0 Å². The molecule has 2 N–H and O–H groups in total. The molecule has 1 aliphatic rings. The molecule has 6 nitrogen and oxygen atoms in total. The van der Waals surface area contributed by atoms with Gasteiger partial charge in [0, 0.05) is 25.2 Å². The van der Waals surface area contributed by atoms with Crippen molar-refractivity contribution in [2.45, 2.75) is 25.7 Å². The Labute approximate surface area is 137 Å². The SMILES string of the molecule is O=C(O)c1c(F)cc(OCCCC2CCN(C(=O)O)CC2)cc1F. The highest BCUT2D eigenvalue weighted by atomic mass is 19.1. The number of halogens is 2. The van der Waals surface area contributed by atoms with Crippen LogP contribution in [0, 0.1) is 17.6 Å². The Kier molecular flexibility index (Phi) is 5.94. The molecule has 1 aliphatic heterocycles. The van der Waals surface area contributed by atoms with Crippen LogP contribution in [0.25, 0.3) is 0 Å². The number of aromatic carboxylic acids is 1. The van der Waals surface area contributed by atoms with E-state index in [1.54, 1.807) is 0 Å². The third-order valence-corrected chi connectivity index (χ3v) is 4.14. The number of piperidine rings is 1. The Hall–Kier alpha value is -2.38. The van der Waals surface area contributed by atoms with Crippen molar-refractivity contribution in [1.82, 2.24) is 4.90 Å².